The van der Waals surface area contributed by atoms with E-state index in [0.29, 0.717) is 6.42 Å². The lowest BCUT2D eigenvalue weighted by Crippen LogP contribution is -2.35. The number of aromatic amines is 1. The van der Waals surface area contributed by atoms with Crippen molar-refractivity contribution < 1.29 is 4.79 Å². The number of nitrogens with zero attached hydrogens (tertiary/aromatic N) is 4. The van der Waals surface area contributed by atoms with Gasteiger partial charge in [0, 0.05) is 37.3 Å². The Morgan fingerprint density at radius 1 is 1.28 bits per heavy atom. The number of carbonyl (C=O) groups is 1. The van der Waals surface area contributed by atoms with E-state index in [-0.39, 0.29) is 17.9 Å². The number of carbonyl (C=O) groups excluding carboxylic acids is 1. The SMILES string of the molecule is Cc1n[nH]c(C)c1CC(=O)NC(c1nnc2n1CCNCC2)C(C)C. The molecule has 3 heterocycles. The van der Waals surface area contributed by atoms with Crippen molar-refractivity contribution in [1.29, 1.82) is 0 Å². The van der Waals surface area contributed by atoms with Gasteiger partial charge in [-0.15, -0.1) is 10.2 Å². The number of hydrogen-bond acceptors (Lipinski definition) is 5. The molecule has 0 radical (unpaired) electrons. The zero-order chi connectivity index (χ0) is 18.0. The molecule has 3 rings (SSSR count). The standard InChI is InChI=1S/C17H27N7O/c1-10(2)16(17-23-22-14-5-6-18-7-8-24(14)17)19-15(25)9-13-11(3)20-21-12(13)4/h10,16,18H,5-9H2,1-4H3,(H,19,25)(H,20,21). The maximum Gasteiger partial charge on any atom is 0.225 e. The highest BCUT2D eigenvalue weighted by molar-refractivity contribution is 5.79. The fraction of sp³-hybridized carbons (Fsp3) is 0.647. The van der Waals surface area contributed by atoms with Crippen LogP contribution in [-0.4, -0.2) is 44.0 Å². The Bertz CT molecular complexity index is 727. The molecule has 0 fully saturated rings. The zero-order valence-electron chi connectivity index (χ0n) is 15.4. The van der Waals surface area contributed by atoms with Gasteiger partial charge in [0.1, 0.15) is 5.82 Å². The summed E-state index contributed by atoms with van der Waals surface area (Å²) in [6.07, 6.45) is 1.18. The molecular weight excluding hydrogens is 318 g/mol. The molecule has 1 unspecified atom stereocenters. The predicted molar refractivity (Wildman–Crippen MR) is 94.1 cm³/mol. The Morgan fingerprint density at radius 3 is 2.76 bits per heavy atom. The first kappa shape index (κ1) is 17.6. The molecule has 1 atom stereocenters. The van der Waals surface area contributed by atoms with Crippen LogP contribution in [0.2, 0.25) is 0 Å². The molecule has 136 valence electrons. The summed E-state index contributed by atoms with van der Waals surface area (Å²) in [5.74, 6) is 2.04. The van der Waals surface area contributed by atoms with Crippen LogP contribution in [0.3, 0.4) is 0 Å². The van der Waals surface area contributed by atoms with Crippen LogP contribution in [0.5, 0.6) is 0 Å². The first-order chi connectivity index (χ1) is 12.0. The average molecular weight is 345 g/mol. The molecule has 0 aliphatic carbocycles. The van der Waals surface area contributed by atoms with Gasteiger partial charge in [0.05, 0.1) is 18.2 Å². The number of nitrogens with one attached hydrogen (secondary N) is 3. The van der Waals surface area contributed by atoms with E-state index in [2.05, 4.69) is 49.4 Å². The van der Waals surface area contributed by atoms with Crippen LogP contribution in [0.25, 0.3) is 0 Å². The Labute approximate surface area is 147 Å². The monoisotopic (exact) mass is 345 g/mol. The van der Waals surface area contributed by atoms with Gasteiger partial charge in [-0.1, -0.05) is 13.8 Å². The van der Waals surface area contributed by atoms with E-state index in [1.807, 2.05) is 13.8 Å². The van der Waals surface area contributed by atoms with Gasteiger partial charge in [-0.3, -0.25) is 9.89 Å². The normalized spacial score (nSPS) is 15.7. The Morgan fingerprint density at radius 2 is 2.08 bits per heavy atom. The van der Waals surface area contributed by atoms with E-state index in [1.165, 1.54) is 0 Å². The van der Waals surface area contributed by atoms with Crippen LogP contribution >= 0.6 is 0 Å². The Balaban J connectivity index is 1.78. The molecule has 0 saturated heterocycles. The highest BCUT2D eigenvalue weighted by Crippen LogP contribution is 2.22. The van der Waals surface area contributed by atoms with Gasteiger partial charge in [0.15, 0.2) is 5.82 Å². The van der Waals surface area contributed by atoms with Crippen LogP contribution in [0, 0.1) is 19.8 Å². The predicted octanol–water partition coefficient (Wildman–Crippen LogP) is 0.820. The quantitative estimate of drug-likeness (QED) is 0.745. The number of rotatable bonds is 5. The van der Waals surface area contributed by atoms with Gasteiger partial charge in [-0.2, -0.15) is 5.10 Å². The molecule has 1 aliphatic heterocycles. The molecule has 2 aromatic heterocycles. The average Bonchev–Trinajstić information content (AvgIpc) is 3.00. The number of aryl methyl sites for hydroxylation is 2. The summed E-state index contributed by atoms with van der Waals surface area (Å²) in [6.45, 7) is 10.7. The van der Waals surface area contributed by atoms with Crippen molar-refractivity contribution in [1.82, 2.24) is 35.6 Å². The van der Waals surface area contributed by atoms with Crippen molar-refractivity contribution in [2.75, 3.05) is 13.1 Å². The molecular formula is C17H27N7O. The summed E-state index contributed by atoms with van der Waals surface area (Å²) >= 11 is 0. The summed E-state index contributed by atoms with van der Waals surface area (Å²) in [5.41, 5.74) is 2.77. The van der Waals surface area contributed by atoms with E-state index in [0.717, 1.165) is 54.7 Å². The van der Waals surface area contributed by atoms with Crippen LogP contribution in [0.1, 0.15) is 48.5 Å². The molecule has 25 heavy (non-hydrogen) atoms. The second-order valence-corrected chi connectivity index (χ2v) is 7.00. The molecule has 8 nitrogen and oxygen atoms in total. The minimum atomic E-state index is -0.153. The Hall–Kier alpha value is -2.22. The van der Waals surface area contributed by atoms with Crippen LogP contribution in [0.4, 0.5) is 0 Å². The maximum atomic E-state index is 12.6. The van der Waals surface area contributed by atoms with Crippen LogP contribution in [0.15, 0.2) is 0 Å². The minimum absolute atomic E-state index is 0.0182. The highest BCUT2D eigenvalue weighted by Gasteiger charge is 2.26. The summed E-state index contributed by atoms with van der Waals surface area (Å²) in [5, 5.41) is 22.4. The Kier molecular flexibility index (Phi) is 5.17. The zero-order valence-corrected chi connectivity index (χ0v) is 15.4. The second kappa shape index (κ2) is 7.35. The topological polar surface area (TPSA) is 101 Å². The molecule has 3 N–H and O–H groups in total. The molecule has 0 saturated carbocycles. The van der Waals surface area contributed by atoms with Gasteiger partial charge < -0.3 is 15.2 Å². The van der Waals surface area contributed by atoms with Crippen molar-refractivity contribution in [2.24, 2.45) is 5.92 Å². The number of hydrogen-bond donors (Lipinski definition) is 3. The van der Waals surface area contributed by atoms with Crippen LogP contribution in [-0.2, 0) is 24.2 Å². The van der Waals surface area contributed by atoms with E-state index < -0.39 is 0 Å². The van der Waals surface area contributed by atoms with E-state index in [1.54, 1.807) is 0 Å². The summed E-state index contributed by atoms with van der Waals surface area (Å²) < 4.78 is 2.15. The third-order valence-corrected chi connectivity index (χ3v) is 4.77. The van der Waals surface area contributed by atoms with Crippen LogP contribution < -0.4 is 10.6 Å². The summed E-state index contributed by atoms with van der Waals surface area (Å²) in [4.78, 5) is 12.6. The van der Waals surface area contributed by atoms with Crippen molar-refractivity contribution in [3.8, 4) is 0 Å². The fourth-order valence-electron chi connectivity index (χ4n) is 3.27. The first-order valence-corrected chi connectivity index (χ1v) is 8.90. The molecule has 1 aliphatic rings. The lowest BCUT2D eigenvalue weighted by molar-refractivity contribution is -0.121. The summed E-state index contributed by atoms with van der Waals surface area (Å²) in [7, 11) is 0. The first-order valence-electron chi connectivity index (χ1n) is 8.90. The van der Waals surface area contributed by atoms with Gasteiger partial charge >= 0.3 is 0 Å². The summed E-state index contributed by atoms with van der Waals surface area (Å²) in [6, 6.07) is -0.153. The van der Waals surface area contributed by atoms with Crippen molar-refractivity contribution in [3.63, 3.8) is 0 Å². The van der Waals surface area contributed by atoms with Gasteiger partial charge in [-0.25, -0.2) is 0 Å². The van der Waals surface area contributed by atoms with Crippen molar-refractivity contribution >= 4 is 5.91 Å². The maximum absolute atomic E-state index is 12.6. The van der Waals surface area contributed by atoms with Crippen molar-refractivity contribution in [2.45, 2.75) is 53.1 Å². The number of aromatic nitrogens is 5. The third kappa shape index (κ3) is 3.73. The van der Waals surface area contributed by atoms with Crippen molar-refractivity contribution in [3.05, 3.63) is 28.6 Å². The van der Waals surface area contributed by atoms with Gasteiger partial charge in [-0.05, 0) is 19.8 Å². The number of fused-ring (bicyclic) bond motifs is 1. The molecule has 2 aromatic rings. The third-order valence-electron chi connectivity index (χ3n) is 4.77. The van der Waals surface area contributed by atoms with E-state index in [9.17, 15) is 4.79 Å². The molecule has 0 spiro atoms. The number of H-pyrrole nitrogens is 1. The van der Waals surface area contributed by atoms with Gasteiger partial charge in [0.2, 0.25) is 5.91 Å². The minimum Gasteiger partial charge on any atom is -0.346 e. The second-order valence-electron chi connectivity index (χ2n) is 7.00. The molecule has 8 heteroatoms. The van der Waals surface area contributed by atoms with E-state index >= 15 is 0 Å². The van der Waals surface area contributed by atoms with E-state index in [4.69, 9.17) is 0 Å². The smallest absolute Gasteiger partial charge is 0.225 e. The molecule has 0 aromatic carbocycles. The largest absolute Gasteiger partial charge is 0.346 e. The molecule has 0 bridgehead atoms. The lowest BCUT2D eigenvalue weighted by Gasteiger charge is -2.22. The highest BCUT2D eigenvalue weighted by atomic mass is 16.1. The fourth-order valence-corrected chi connectivity index (χ4v) is 3.27. The number of amides is 1. The van der Waals surface area contributed by atoms with Gasteiger partial charge in [0.25, 0.3) is 0 Å². The molecule has 1 amide bonds. The lowest BCUT2D eigenvalue weighted by atomic mass is 10.0.